The van der Waals surface area contributed by atoms with Gasteiger partial charge in [-0.2, -0.15) is 0 Å². The molecule has 110 valence electrons. The summed E-state index contributed by atoms with van der Waals surface area (Å²) in [6.45, 7) is 8.03. The van der Waals surface area contributed by atoms with E-state index < -0.39 is 0 Å². The van der Waals surface area contributed by atoms with Gasteiger partial charge in [-0.3, -0.25) is 4.90 Å². The van der Waals surface area contributed by atoms with Crippen molar-refractivity contribution in [3.05, 3.63) is 23.8 Å². The summed E-state index contributed by atoms with van der Waals surface area (Å²) < 4.78 is 11.6. The maximum absolute atomic E-state index is 5.85. The topological polar surface area (TPSA) is 33.7 Å². The fraction of sp³-hybridized carbons (Fsp3) is 0.625. The quantitative estimate of drug-likeness (QED) is 0.863. The molecule has 1 N–H and O–H groups in total. The van der Waals surface area contributed by atoms with E-state index in [-0.39, 0.29) is 0 Å². The lowest BCUT2D eigenvalue weighted by Crippen LogP contribution is -2.25. The normalized spacial score (nSPS) is 21.8. The molecule has 4 heteroatoms. The first-order valence-corrected chi connectivity index (χ1v) is 7.72. The second kappa shape index (κ2) is 6.46. The van der Waals surface area contributed by atoms with Crippen LogP contribution in [0.3, 0.4) is 0 Å². The first-order valence-electron chi connectivity index (χ1n) is 7.72. The monoisotopic (exact) mass is 276 g/mol. The summed E-state index contributed by atoms with van der Waals surface area (Å²) in [5.74, 6) is 1.88. The van der Waals surface area contributed by atoms with Crippen molar-refractivity contribution in [1.29, 1.82) is 0 Å². The second-order valence-electron chi connectivity index (χ2n) is 5.52. The zero-order valence-corrected chi connectivity index (χ0v) is 12.2. The van der Waals surface area contributed by atoms with Gasteiger partial charge in [0.15, 0.2) is 0 Å². The van der Waals surface area contributed by atoms with Crippen LogP contribution < -0.4 is 14.8 Å². The summed E-state index contributed by atoms with van der Waals surface area (Å²) in [6.07, 6.45) is 2.66. The molecule has 1 aromatic carbocycles. The highest BCUT2D eigenvalue weighted by Crippen LogP contribution is 2.35. The minimum Gasteiger partial charge on any atom is -0.492 e. The third-order valence-corrected chi connectivity index (χ3v) is 4.09. The molecule has 0 aromatic heterocycles. The average Bonchev–Trinajstić information content (AvgIpc) is 3.09. The van der Waals surface area contributed by atoms with Gasteiger partial charge in [-0.05, 0) is 44.6 Å². The van der Waals surface area contributed by atoms with Gasteiger partial charge in [0.1, 0.15) is 24.7 Å². The number of hydrogen-bond acceptors (Lipinski definition) is 4. The van der Waals surface area contributed by atoms with E-state index in [2.05, 4.69) is 29.3 Å². The summed E-state index contributed by atoms with van der Waals surface area (Å²) in [5.41, 5.74) is 1.25. The highest BCUT2D eigenvalue weighted by atomic mass is 16.5. The van der Waals surface area contributed by atoms with Crippen molar-refractivity contribution in [2.45, 2.75) is 25.8 Å². The van der Waals surface area contributed by atoms with Crippen LogP contribution in [0, 0.1) is 0 Å². The molecule has 0 spiro atoms. The molecule has 1 saturated heterocycles. The van der Waals surface area contributed by atoms with Gasteiger partial charge in [-0.15, -0.1) is 0 Å². The van der Waals surface area contributed by atoms with Gasteiger partial charge < -0.3 is 14.8 Å². The number of benzene rings is 1. The number of nitrogens with zero attached hydrogens (tertiary/aromatic N) is 1. The van der Waals surface area contributed by atoms with E-state index in [0.29, 0.717) is 6.04 Å². The fourth-order valence-electron chi connectivity index (χ4n) is 2.99. The van der Waals surface area contributed by atoms with Crippen LogP contribution in [0.5, 0.6) is 11.5 Å². The SMILES string of the molecule is CCNC1COc2cc(OCCN3CCCC3)ccc21. The summed E-state index contributed by atoms with van der Waals surface area (Å²) in [6, 6.07) is 6.54. The smallest absolute Gasteiger partial charge is 0.127 e. The standard InChI is InChI=1S/C16H24N2O2/c1-2-17-15-12-20-16-11-13(5-6-14(15)16)19-10-9-18-7-3-4-8-18/h5-6,11,15,17H,2-4,7-10,12H2,1H3. The van der Waals surface area contributed by atoms with Crippen LogP contribution in [0.2, 0.25) is 0 Å². The number of likely N-dealkylation sites (tertiary alicyclic amines) is 1. The molecule has 2 aliphatic heterocycles. The maximum atomic E-state index is 5.85. The van der Waals surface area contributed by atoms with Crippen molar-refractivity contribution in [1.82, 2.24) is 10.2 Å². The van der Waals surface area contributed by atoms with Gasteiger partial charge in [-0.1, -0.05) is 6.92 Å². The number of fused-ring (bicyclic) bond motifs is 1. The van der Waals surface area contributed by atoms with Gasteiger partial charge in [0, 0.05) is 18.2 Å². The van der Waals surface area contributed by atoms with E-state index >= 15 is 0 Å². The van der Waals surface area contributed by atoms with Crippen molar-refractivity contribution >= 4 is 0 Å². The van der Waals surface area contributed by atoms with Crippen molar-refractivity contribution in [3.8, 4) is 11.5 Å². The van der Waals surface area contributed by atoms with E-state index in [4.69, 9.17) is 9.47 Å². The summed E-state index contributed by atoms with van der Waals surface area (Å²) in [4.78, 5) is 2.46. The summed E-state index contributed by atoms with van der Waals surface area (Å²) in [7, 11) is 0. The van der Waals surface area contributed by atoms with Gasteiger partial charge in [0.05, 0.1) is 6.04 Å². The molecule has 0 saturated carbocycles. The van der Waals surface area contributed by atoms with Crippen LogP contribution in [-0.2, 0) is 0 Å². The highest BCUT2D eigenvalue weighted by Gasteiger charge is 2.23. The minimum absolute atomic E-state index is 0.327. The first-order chi connectivity index (χ1) is 9.86. The van der Waals surface area contributed by atoms with Crippen LogP contribution in [0.1, 0.15) is 31.4 Å². The molecule has 4 nitrogen and oxygen atoms in total. The molecule has 1 fully saturated rings. The third kappa shape index (κ3) is 3.07. The van der Waals surface area contributed by atoms with Crippen molar-refractivity contribution in [2.24, 2.45) is 0 Å². The molecular formula is C16H24N2O2. The Morgan fingerprint density at radius 2 is 2.20 bits per heavy atom. The average molecular weight is 276 g/mol. The molecule has 1 unspecified atom stereocenters. The van der Waals surface area contributed by atoms with Crippen LogP contribution in [0.15, 0.2) is 18.2 Å². The van der Waals surface area contributed by atoms with Crippen molar-refractivity contribution in [2.75, 3.05) is 39.4 Å². The number of ether oxygens (including phenoxy) is 2. The predicted octanol–water partition coefficient (Wildman–Crippen LogP) is 2.20. The molecule has 2 heterocycles. The van der Waals surface area contributed by atoms with E-state index in [1.807, 2.05) is 6.07 Å². The number of rotatable bonds is 6. The molecule has 1 aromatic rings. The van der Waals surface area contributed by atoms with E-state index in [1.54, 1.807) is 0 Å². The Morgan fingerprint density at radius 3 is 3.00 bits per heavy atom. The zero-order chi connectivity index (χ0) is 13.8. The lowest BCUT2D eigenvalue weighted by Gasteiger charge is -2.15. The van der Waals surface area contributed by atoms with Gasteiger partial charge >= 0.3 is 0 Å². The van der Waals surface area contributed by atoms with Gasteiger partial charge in [0.2, 0.25) is 0 Å². The van der Waals surface area contributed by atoms with Gasteiger partial charge in [-0.25, -0.2) is 0 Å². The van der Waals surface area contributed by atoms with Crippen LogP contribution in [-0.4, -0.2) is 44.3 Å². The number of hydrogen-bond donors (Lipinski definition) is 1. The van der Waals surface area contributed by atoms with Crippen LogP contribution in [0.25, 0.3) is 0 Å². The first kappa shape index (κ1) is 13.7. The molecule has 0 aliphatic carbocycles. The number of nitrogens with one attached hydrogen (secondary N) is 1. The number of likely N-dealkylation sites (N-methyl/N-ethyl adjacent to an activating group) is 1. The Morgan fingerprint density at radius 1 is 1.35 bits per heavy atom. The zero-order valence-electron chi connectivity index (χ0n) is 12.2. The lowest BCUT2D eigenvalue weighted by atomic mass is 10.1. The Balaban J connectivity index is 1.53. The Kier molecular flexibility index (Phi) is 4.43. The Labute approximate surface area is 121 Å². The maximum Gasteiger partial charge on any atom is 0.127 e. The lowest BCUT2D eigenvalue weighted by molar-refractivity contribution is 0.237. The van der Waals surface area contributed by atoms with Crippen molar-refractivity contribution < 1.29 is 9.47 Å². The summed E-state index contributed by atoms with van der Waals surface area (Å²) in [5, 5.41) is 3.43. The minimum atomic E-state index is 0.327. The van der Waals surface area contributed by atoms with Crippen molar-refractivity contribution in [3.63, 3.8) is 0 Å². The predicted molar refractivity (Wildman–Crippen MR) is 79.5 cm³/mol. The fourth-order valence-corrected chi connectivity index (χ4v) is 2.99. The van der Waals surface area contributed by atoms with Gasteiger partial charge in [0.25, 0.3) is 0 Å². The molecule has 2 aliphatic rings. The molecule has 3 rings (SSSR count). The van der Waals surface area contributed by atoms with E-state index in [1.165, 1.54) is 31.5 Å². The Bertz CT molecular complexity index is 444. The molecule has 0 radical (unpaired) electrons. The summed E-state index contributed by atoms with van der Waals surface area (Å²) >= 11 is 0. The third-order valence-electron chi connectivity index (χ3n) is 4.09. The van der Waals surface area contributed by atoms with E-state index in [9.17, 15) is 0 Å². The molecule has 0 amide bonds. The molecular weight excluding hydrogens is 252 g/mol. The Hall–Kier alpha value is -1.26. The van der Waals surface area contributed by atoms with Crippen LogP contribution >= 0.6 is 0 Å². The molecule has 20 heavy (non-hydrogen) atoms. The van der Waals surface area contributed by atoms with E-state index in [0.717, 1.165) is 37.8 Å². The largest absolute Gasteiger partial charge is 0.492 e. The highest BCUT2D eigenvalue weighted by molar-refractivity contribution is 5.45. The molecule has 1 atom stereocenters. The second-order valence-corrected chi connectivity index (χ2v) is 5.52. The molecule has 0 bridgehead atoms. The van der Waals surface area contributed by atoms with Crippen LogP contribution in [0.4, 0.5) is 0 Å².